The van der Waals surface area contributed by atoms with Crippen molar-refractivity contribution < 1.29 is 29.3 Å². The highest BCUT2D eigenvalue weighted by Crippen LogP contribution is 2.61. The summed E-state index contributed by atoms with van der Waals surface area (Å²) < 4.78 is 14.0. The van der Waals surface area contributed by atoms with Crippen LogP contribution in [-0.4, -0.2) is 44.4 Å². The van der Waals surface area contributed by atoms with E-state index in [0.29, 0.717) is 19.2 Å². The summed E-state index contributed by atoms with van der Waals surface area (Å²) in [5.41, 5.74) is -0.277. The summed E-state index contributed by atoms with van der Waals surface area (Å²) in [7, 11) is 2.33. The van der Waals surface area contributed by atoms with Crippen molar-refractivity contribution in [1.29, 1.82) is 0 Å². The van der Waals surface area contributed by atoms with E-state index < -0.39 is 11.9 Å². The molecule has 0 spiro atoms. The number of thioether (sulfide) groups is 2. The lowest BCUT2D eigenvalue weighted by Crippen LogP contribution is -2.31. The molecule has 0 atom stereocenters. The summed E-state index contributed by atoms with van der Waals surface area (Å²) in [6, 6.07) is 0. The van der Waals surface area contributed by atoms with Gasteiger partial charge in [0.1, 0.15) is 18.8 Å². The molecule has 154 valence electrons. The molecule has 1 aromatic heterocycles. The lowest BCUT2D eigenvalue weighted by Gasteiger charge is -2.12. The number of carbonyl (C=O) groups excluding carboxylic acids is 2. The van der Waals surface area contributed by atoms with Crippen LogP contribution in [0.1, 0.15) is 19.3 Å². The number of phenols is 1. The van der Waals surface area contributed by atoms with Gasteiger partial charge in [0.05, 0.1) is 28.1 Å². The molecule has 7 nitrogen and oxygen atoms in total. The molecule has 2 aliphatic heterocycles. The number of nitrogens with zero attached hydrogens (tertiary/aromatic N) is 1. The first-order chi connectivity index (χ1) is 14.0. The molecule has 0 radical (unpaired) electrons. The van der Waals surface area contributed by atoms with Crippen LogP contribution in [0.4, 0.5) is 0 Å². The van der Waals surface area contributed by atoms with Gasteiger partial charge in [0, 0.05) is 22.4 Å². The fourth-order valence-corrected chi connectivity index (χ4v) is 8.55. The van der Waals surface area contributed by atoms with Crippen LogP contribution >= 0.6 is 46.2 Å². The molecule has 0 amide bonds. The Morgan fingerprint density at radius 3 is 2.17 bits per heavy atom. The van der Waals surface area contributed by atoms with E-state index in [4.69, 9.17) is 0 Å². The maximum absolute atomic E-state index is 13.1. The SMILES string of the molecule is COC(=O)C(C(=O)OC)=C1Sc2c(c(O)c3sc(=[N+]4CCCCC4)sc3c2[O-])S1. The predicted octanol–water partition coefficient (Wildman–Crippen LogP) is 2.45. The molecule has 0 unspecified atom stereocenters. The van der Waals surface area contributed by atoms with Crippen LogP contribution in [-0.2, 0) is 19.1 Å². The minimum Gasteiger partial charge on any atom is -0.871 e. The third-order valence-electron chi connectivity index (χ3n) is 4.62. The number of methoxy groups -OCH3 is 2. The molecule has 1 fully saturated rings. The maximum atomic E-state index is 13.1. The number of aromatic hydroxyl groups is 1. The van der Waals surface area contributed by atoms with Gasteiger partial charge in [-0.3, -0.25) is 0 Å². The van der Waals surface area contributed by atoms with Gasteiger partial charge in [0.25, 0.3) is 0 Å². The molecular weight excluding hydrogens is 454 g/mol. The van der Waals surface area contributed by atoms with Gasteiger partial charge in [-0.05, 0) is 6.42 Å². The molecule has 3 heterocycles. The van der Waals surface area contributed by atoms with E-state index in [2.05, 4.69) is 14.0 Å². The van der Waals surface area contributed by atoms with E-state index in [-0.39, 0.29) is 21.3 Å². The van der Waals surface area contributed by atoms with E-state index in [1.54, 1.807) is 0 Å². The highest BCUT2D eigenvalue weighted by molar-refractivity contribution is 8.25. The quantitative estimate of drug-likeness (QED) is 0.234. The summed E-state index contributed by atoms with van der Waals surface area (Å²) in [4.78, 5) is 24.8. The number of ether oxygens (including phenoxy) is 2. The number of hydrogen-bond donors (Lipinski definition) is 1. The zero-order chi connectivity index (χ0) is 20.7. The molecule has 2 aliphatic rings. The summed E-state index contributed by atoms with van der Waals surface area (Å²) in [6.07, 6.45) is 3.46. The van der Waals surface area contributed by atoms with E-state index in [9.17, 15) is 19.8 Å². The third-order valence-corrected chi connectivity index (χ3v) is 9.91. The number of benzene rings is 1. The van der Waals surface area contributed by atoms with Gasteiger partial charge >= 0.3 is 15.9 Å². The zero-order valence-electron chi connectivity index (χ0n) is 15.6. The lowest BCUT2D eigenvalue weighted by molar-refractivity contribution is -0.270. The number of esters is 2. The van der Waals surface area contributed by atoms with E-state index >= 15 is 0 Å². The molecule has 1 aromatic carbocycles. The Balaban J connectivity index is 1.86. The molecule has 0 bridgehead atoms. The normalized spacial score (nSPS) is 16.1. The molecular formula is C18H17NO6S4. The average molecular weight is 472 g/mol. The minimum atomic E-state index is -0.844. The van der Waals surface area contributed by atoms with Crippen molar-refractivity contribution in [2.45, 2.75) is 29.1 Å². The van der Waals surface area contributed by atoms with Gasteiger partial charge in [0.15, 0.2) is 5.57 Å². The van der Waals surface area contributed by atoms with Crippen molar-refractivity contribution in [3.63, 3.8) is 0 Å². The molecule has 1 saturated heterocycles. The Hall–Kier alpha value is -1.69. The number of piperidine rings is 1. The van der Waals surface area contributed by atoms with E-state index in [1.807, 2.05) is 0 Å². The minimum absolute atomic E-state index is 0.0145. The van der Waals surface area contributed by atoms with Gasteiger partial charge in [0.2, 0.25) is 0 Å². The number of fused-ring (bicyclic) bond motifs is 2. The van der Waals surface area contributed by atoms with Crippen LogP contribution in [0.5, 0.6) is 11.5 Å². The van der Waals surface area contributed by atoms with Crippen LogP contribution in [0.25, 0.3) is 9.40 Å². The number of rotatable bonds is 2. The molecule has 2 aromatic rings. The van der Waals surface area contributed by atoms with Crippen LogP contribution in [0, 0.1) is 0 Å². The Morgan fingerprint density at radius 1 is 0.966 bits per heavy atom. The Bertz CT molecular complexity index is 1050. The van der Waals surface area contributed by atoms with Crippen molar-refractivity contribution in [3.8, 4) is 11.5 Å². The van der Waals surface area contributed by atoms with Crippen molar-refractivity contribution in [1.82, 2.24) is 4.58 Å². The largest absolute Gasteiger partial charge is 0.871 e. The summed E-state index contributed by atoms with van der Waals surface area (Å²) in [5.74, 6) is -1.87. The lowest BCUT2D eigenvalue weighted by atomic mass is 10.2. The standard InChI is InChI=1S/C18H17NO6S4/c1-24-15(22)8(16(23)25-2)17-26-11-9(20)13-14(10(21)12(11)27-17)29-18(28-13)19-6-4-3-5-7-19/h3-7H2,1-2H3,(H-,20,21). The van der Waals surface area contributed by atoms with Gasteiger partial charge in [-0.15, -0.1) is 0 Å². The first-order valence-corrected chi connectivity index (χ1v) is 12.1. The van der Waals surface area contributed by atoms with Crippen LogP contribution in [0.15, 0.2) is 19.6 Å². The molecule has 0 aliphatic carbocycles. The van der Waals surface area contributed by atoms with Gasteiger partial charge in [-0.1, -0.05) is 51.9 Å². The molecule has 11 heteroatoms. The maximum Gasteiger partial charge on any atom is 0.347 e. The Kier molecular flexibility index (Phi) is 5.83. The fraction of sp³-hybridized carbons (Fsp3) is 0.389. The molecule has 0 saturated carbocycles. The number of carbonyl (C=O) groups is 2. The molecule has 4 rings (SSSR count). The zero-order valence-corrected chi connectivity index (χ0v) is 18.9. The van der Waals surface area contributed by atoms with Crippen molar-refractivity contribution in [2.24, 2.45) is 0 Å². The van der Waals surface area contributed by atoms with Gasteiger partial charge in [-0.2, -0.15) is 0 Å². The van der Waals surface area contributed by atoms with Crippen LogP contribution in [0.3, 0.4) is 0 Å². The van der Waals surface area contributed by atoms with E-state index in [0.717, 1.165) is 53.4 Å². The average Bonchev–Trinajstić information content (AvgIpc) is 3.38. The van der Waals surface area contributed by atoms with Crippen LogP contribution in [0.2, 0.25) is 0 Å². The summed E-state index contributed by atoms with van der Waals surface area (Å²) >= 11 is 4.83. The summed E-state index contributed by atoms with van der Waals surface area (Å²) in [5, 5.41) is 24.0. The third kappa shape index (κ3) is 3.54. The van der Waals surface area contributed by atoms with Crippen LogP contribution < -0.4 is 13.7 Å². The fourth-order valence-electron chi connectivity index (χ4n) is 3.17. The molecule has 29 heavy (non-hydrogen) atoms. The predicted molar refractivity (Wildman–Crippen MR) is 112 cm³/mol. The topological polar surface area (TPSA) is 98.9 Å². The van der Waals surface area contributed by atoms with Crippen molar-refractivity contribution >= 4 is 67.5 Å². The second-order valence-corrected chi connectivity index (χ2v) is 10.9. The number of phenolic OH excluding ortho intramolecular Hbond substituents is 1. The first-order valence-electron chi connectivity index (χ1n) is 8.80. The number of hydrogen-bond acceptors (Lipinski definition) is 10. The van der Waals surface area contributed by atoms with Gasteiger partial charge in [-0.25, -0.2) is 14.2 Å². The second kappa shape index (κ2) is 8.21. The Labute approximate surface area is 182 Å². The highest BCUT2D eigenvalue weighted by atomic mass is 32.2. The monoisotopic (exact) mass is 471 g/mol. The van der Waals surface area contributed by atoms with Crippen molar-refractivity contribution in [2.75, 3.05) is 27.3 Å². The highest BCUT2D eigenvalue weighted by Gasteiger charge is 2.34. The smallest absolute Gasteiger partial charge is 0.347 e. The van der Waals surface area contributed by atoms with Gasteiger partial charge < -0.3 is 19.7 Å². The summed E-state index contributed by atoms with van der Waals surface area (Å²) in [6.45, 7) is 1.91. The first kappa shape index (κ1) is 20.6. The Morgan fingerprint density at radius 2 is 1.55 bits per heavy atom. The molecule has 1 N–H and O–H groups in total. The van der Waals surface area contributed by atoms with Crippen molar-refractivity contribution in [3.05, 3.63) is 13.8 Å². The van der Waals surface area contributed by atoms with E-state index in [1.165, 1.54) is 43.3 Å². The second-order valence-electron chi connectivity index (χ2n) is 6.36.